The summed E-state index contributed by atoms with van der Waals surface area (Å²) in [6.45, 7) is 2.55. The predicted octanol–water partition coefficient (Wildman–Crippen LogP) is 1.83. The first-order valence-corrected chi connectivity index (χ1v) is 7.76. The van der Waals surface area contributed by atoms with Crippen LogP contribution in [0.1, 0.15) is 23.7 Å². The third-order valence-electron chi connectivity index (χ3n) is 3.28. The first-order valence-electron chi connectivity index (χ1n) is 6.97. The van der Waals surface area contributed by atoms with Gasteiger partial charge in [0.1, 0.15) is 13.2 Å². The molecule has 8 heteroatoms. The Bertz CT molecular complexity index is 620. The first-order chi connectivity index (χ1) is 10.8. The summed E-state index contributed by atoms with van der Waals surface area (Å²) >= 11 is 3.35. The Balaban J connectivity index is 2.22. The van der Waals surface area contributed by atoms with E-state index in [4.69, 9.17) is 19.3 Å². The molecule has 0 saturated carbocycles. The van der Waals surface area contributed by atoms with E-state index in [1.165, 1.54) is 7.11 Å². The van der Waals surface area contributed by atoms with E-state index < -0.39 is 17.4 Å². The highest BCUT2D eigenvalue weighted by Crippen LogP contribution is 2.38. The van der Waals surface area contributed by atoms with Gasteiger partial charge in [0, 0.05) is 12.7 Å². The Morgan fingerprint density at radius 2 is 2.09 bits per heavy atom. The summed E-state index contributed by atoms with van der Waals surface area (Å²) in [6, 6.07) is 3.18. The highest BCUT2D eigenvalue weighted by Gasteiger charge is 2.30. The number of hydrogen-bond donors (Lipinski definition) is 2. The van der Waals surface area contributed by atoms with Gasteiger partial charge in [-0.3, -0.25) is 9.59 Å². The zero-order chi connectivity index (χ0) is 17.0. The number of benzene rings is 1. The highest BCUT2D eigenvalue weighted by atomic mass is 79.9. The second-order valence-electron chi connectivity index (χ2n) is 5.50. The summed E-state index contributed by atoms with van der Waals surface area (Å²) in [7, 11) is 1.45. The average Bonchev–Trinajstić information content (AvgIpc) is 2.46. The molecule has 1 heterocycles. The van der Waals surface area contributed by atoms with Crippen LogP contribution in [0.3, 0.4) is 0 Å². The molecule has 1 aliphatic rings. The zero-order valence-electron chi connectivity index (χ0n) is 12.8. The molecule has 0 bridgehead atoms. The average molecular weight is 388 g/mol. The number of carbonyl (C=O) groups excluding carboxylic acids is 1. The molecule has 7 nitrogen and oxygen atoms in total. The van der Waals surface area contributed by atoms with Crippen molar-refractivity contribution in [2.75, 3.05) is 26.9 Å². The molecule has 1 aromatic carbocycles. The number of halogens is 1. The minimum absolute atomic E-state index is 0.0801. The second-order valence-corrected chi connectivity index (χ2v) is 6.35. The molecule has 0 radical (unpaired) electrons. The lowest BCUT2D eigenvalue weighted by atomic mass is 9.98. The van der Waals surface area contributed by atoms with Gasteiger partial charge in [-0.25, -0.2) is 0 Å². The molecule has 0 saturated heterocycles. The molecule has 0 fully saturated rings. The highest BCUT2D eigenvalue weighted by molar-refractivity contribution is 9.10. The van der Waals surface area contributed by atoms with Gasteiger partial charge >= 0.3 is 5.97 Å². The van der Waals surface area contributed by atoms with Gasteiger partial charge in [0.15, 0.2) is 11.5 Å². The molecule has 1 atom stereocenters. The topological polar surface area (TPSA) is 94.1 Å². The number of ether oxygens (including phenoxy) is 3. The molecule has 2 rings (SSSR count). The Labute approximate surface area is 142 Å². The van der Waals surface area contributed by atoms with E-state index in [0.29, 0.717) is 34.7 Å². The van der Waals surface area contributed by atoms with Crippen molar-refractivity contribution in [3.05, 3.63) is 22.2 Å². The standard InChI is InChI=1S/C15H18BrNO6/c1-15(8-21-2,7-12(18)19)17-14(20)9-5-10(16)13-11(6-9)22-3-4-23-13/h5-6H,3-4,7-8H2,1-2H3,(H,17,20)(H,18,19). The smallest absolute Gasteiger partial charge is 0.305 e. The van der Waals surface area contributed by atoms with E-state index in [1.54, 1.807) is 19.1 Å². The summed E-state index contributed by atoms with van der Waals surface area (Å²) in [5.41, 5.74) is -0.675. The van der Waals surface area contributed by atoms with E-state index in [1.807, 2.05) is 0 Å². The van der Waals surface area contributed by atoms with Crippen molar-refractivity contribution >= 4 is 27.8 Å². The number of rotatable bonds is 6. The molecule has 1 aromatic rings. The molecule has 2 N–H and O–H groups in total. The van der Waals surface area contributed by atoms with Crippen LogP contribution in [-0.4, -0.2) is 49.5 Å². The van der Waals surface area contributed by atoms with Crippen molar-refractivity contribution in [3.8, 4) is 11.5 Å². The van der Waals surface area contributed by atoms with Crippen LogP contribution in [0.5, 0.6) is 11.5 Å². The Morgan fingerprint density at radius 1 is 1.39 bits per heavy atom. The molecule has 0 spiro atoms. The van der Waals surface area contributed by atoms with Crippen molar-refractivity contribution in [1.29, 1.82) is 0 Å². The van der Waals surface area contributed by atoms with Gasteiger partial charge in [-0.1, -0.05) is 0 Å². The van der Waals surface area contributed by atoms with Crippen molar-refractivity contribution in [2.24, 2.45) is 0 Å². The van der Waals surface area contributed by atoms with Crippen LogP contribution in [0.2, 0.25) is 0 Å². The van der Waals surface area contributed by atoms with Gasteiger partial charge < -0.3 is 24.6 Å². The molecular formula is C15H18BrNO6. The molecule has 126 valence electrons. The predicted molar refractivity (Wildman–Crippen MR) is 85.1 cm³/mol. The molecule has 23 heavy (non-hydrogen) atoms. The number of fused-ring (bicyclic) bond motifs is 1. The van der Waals surface area contributed by atoms with E-state index in [0.717, 1.165) is 0 Å². The van der Waals surface area contributed by atoms with Gasteiger partial charge in [0.25, 0.3) is 5.91 Å². The minimum Gasteiger partial charge on any atom is -0.486 e. The largest absolute Gasteiger partial charge is 0.486 e. The third-order valence-corrected chi connectivity index (χ3v) is 3.87. The molecule has 1 aliphatic heterocycles. The number of carbonyl (C=O) groups is 2. The molecule has 1 amide bonds. The van der Waals surface area contributed by atoms with Crippen LogP contribution >= 0.6 is 15.9 Å². The third kappa shape index (κ3) is 4.35. The van der Waals surface area contributed by atoms with Crippen LogP contribution in [-0.2, 0) is 9.53 Å². The molecule has 0 aliphatic carbocycles. The van der Waals surface area contributed by atoms with Gasteiger partial charge in [-0.05, 0) is 35.0 Å². The number of nitrogens with one attached hydrogen (secondary N) is 1. The van der Waals surface area contributed by atoms with Gasteiger partial charge in [-0.15, -0.1) is 0 Å². The van der Waals surface area contributed by atoms with E-state index in [9.17, 15) is 9.59 Å². The van der Waals surface area contributed by atoms with Crippen molar-refractivity contribution in [1.82, 2.24) is 5.32 Å². The zero-order valence-corrected chi connectivity index (χ0v) is 14.4. The normalized spacial score (nSPS) is 15.6. The lowest BCUT2D eigenvalue weighted by Gasteiger charge is -2.29. The Morgan fingerprint density at radius 3 is 2.74 bits per heavy atom. The van der Waals surface area contributed by atoms with Crippen molar-refractivity contribution < 1.29 is 28.9 Å². The van der Waals surface area contributed by atoms with Crippen molar-refractivity contribution in [2.45, 2.75) is 18.9 Å². The molecule has 1 unspecified atom stereocenters. The summed E-state index contributed by atoms with van der Waals surface area (Å²) in [5.74, 6) is -0.405. The van der Waals surface area contributed by atoms with Gasteiger partial charge in [0.05, 0.1) is 23.0 Å². The summed E-state index contributed by atoms with van der Waals surface area (Å²) in [5, 5.41) is 11.7. The lowest BCUT2D eigenvalue weighted by molar-refractivity contribution is -0.139. The maximum absolute atomic E-state index is 12.5. The van der Waals surface area contributed by atoms with Crippen molar-refractivity contribution in [3.63, 3.8) is 0 Å². The number of aliphatic carboxylic acids is 1. The minimum atomic E-state index is -1.02. The number of carboxylic acids is 1. The number of hydrogen-bond acceptors (Lipinski definition) is 5. The fourth-order valence-corrected chi connectivity index (χ4v) is 2.93. The van der Waals surface area contributed by atoms with Crippen LogP contribution in [0, 0.1) is 0 Å². The second kappa shape index (κ2) is 7.18. The van der Waals surface area contributed by atoms with E-state index in [-0.39, 0.29) is 13.0 Å². The SMILES string of the molecule is COCC(C)(CC(=O)O)NC(=O)c1cc(Br)c2c(c1)OCCO2. The maximum Gasteiger partial charge on any atom is 0.305 e. The Hall–Kier alpha value is -1.80. The number of carboxylic acid groups (broad SMARTS) is 1. The van der Waals surface area contributed by atoms with Crippen LogP contribution < -0.4 is 14.8 Å². The number of methoxy groups -OCH3 is 1. The van der Waals surface area contributed by atoms with E-state index in [2.05, 4.69) is 21.2 Å². The fourth-order valence-electron chi connectivity index (χ4n) is 2.37. The fraction of sp³-hybridized carbons (Fsp3) is 0.467. The van der Waals surface area contributed by atoms with Crippen LogP contribution in [0.25, 0.3) is 0 Å². The van der Waals surface area contributed by atoms with E-state index >= 15 is 0 Å². The lowest BCUT2D eigenvalue weighted by Crippen LogP contribution is -2.50. The van der Waals surface area contributed by atoms with Gasteiger partial charge in [0.2, 0.25) is 0 Å². The number of amides is 1. The summed E-state index contributed by atoms with van der Waals surface area (Å²) in [6.07, 6.45) is -0.252. The molecular weight excluding hydrogens is 370 g/mol. The summed E-state index contributed by atoms with van der Waals surface area (Å²) in [4.78, 5) is 23.5. The van der Waals surface area contributed by atoms with Gasteiger partial charge in [-0.2, -0.15) is 0 Å². The van der Waals surface area contributed by atoms with Crippen LogP contribution in [0.4, 0.5) is 0 Å². The quantitative estimate of drug-likeness (QED) is 0.773. The maximum atomic E-state index is 12.5. The first kappa shape index (κ1) is 17.6. The monoisotopic (exact) mass is 387 g/mol. The Kier molecular flexibility index (Phi) is 5.48. The summed E-state index contributed by atoms with van der Waals surface area (Å²) < 4.78 is 16.6. The molecule has 0 aromatic heterocycles. The van der Waals surface area contributed by atoms with Crippen LogP contribution in [0.15, 0.2) is 16.6 Å².